The average molecular weight is 372 g/mol. The van der Waals surface area contributed by atoms with Gasteiger partial charge < -0.3 is 9.72 Å². The Bertz CT molecular complexity index is 291. The molecule has 0 aromatic carbocycles. The van der Waals surface area contributed by atoms with Gasteiger partial charge in [0, 0.05) is 7.11 Å². The van der Waals surface area contributed by atoms with Gasteiger partial charge in [-0.15, -0.1) is 6.42 Å². The molecule has 6 heteroatoms. The first-order valence-electron chi connectivity index (χ1n) is 6.52. The minimum atomic E-state index is -0.556. The van der Waals surface area contributed by atoms with Crippen molar-refractivity contribution in [1.82, 2.24) is 4.98 Å². The summed E-state index contributed by atoms with van der Waals surface area (Å²) in [4.78, 5) is 3.27. The van der Waals surface area contributed by atoms with Crippen LogP contribution in [-0.4, -0.2) is 22.3 Å². The fourth-order valence-corrected chi connectivity index (χ4v) is 2.32. The van der Waals surface area contributed by atoms with Gasteiger partial charge in [-0.25, -0.2) is 11.6 Å². The number of methoxy groups -OCH3 is 1. The molecule has 1 unspecified atom stereocenters. The fourth-order valence-electron chi connectivity index (χ4n) is 1.39. The standard InChI is InChI=1S/C9H13.C5H14NOSi.2ClH.Ti/c1-9(2,3)8-6-4-5-7-8;1-5(7-2)6-8(3)4;;;/h4,6H,5H2,1-3H3;5-6H,1-4H3;2*1H;/q-1;;;;+2/p-2. The van der Waals surface area contributed by atoms with Crippen molar-refractivity contribution in [2.45, 2.75) is 53.4 Å². The quantitative estimate of drug-likeness (QED) is 0.432. The molecule has 117 valence electrons. The third-order valence-corrected chi connectivity index (χ3v) is 3.33. The van der Waals surface area contributed by atoms with Crippen molar-refractivity contribution >= 4 is 27.6 Å². The number of hydrogen-bond donors (Lipinski definition) is 1. The predicted octanol–water partition coefficient (Wildman–Crippen LogP) is 4.92. The Hall–Kier alpha value is 0.911. The van der Waals surface area contributed by atoms with Gasteiger partial charge in [-0.2, -0.15) is 6.08 Å². The number of rotatable bonds is 3. The van der Waals surface area contributed by atoms with Crippen molar-refractivity contribution in [3.05, 3.63) is 23.8 Å². The molecule has 0 aromatic rings. The maximum absolute atomic E-state index is 4.98. The van der Waals surface area contributed by atoms with E-state index in [1.54, 1.807) is 7.11 Å². The number of ether oxygens (including phenoxy) is 1. The molecule has 0 fully saturated rings. The summed E-state index contributed by atoms with van der Waals surface area (Å²) in [5.74, 6) is 0. The normalized spacial score (nSPS) is 14.8. The maximum atomic E-state index is 4.98. The summed E-state index contributed by atoms with van der Waals surface area (Å²) in [6.45, 7) is 13.0. The minimum absolute atomic E-state index is 0.221. The van der Waals surface area contributed by atoms with E-state index < -0.39 is 17.0 Å². The summed E-state index contributed by atoms with van der Waals surface area (Å²) >= 11 is -0.556. The molecular formula is C14H27Cl2NOSiTi-. The van der Waals surface area contributed by atoms with E-state index >= 15 is 0 Å². The van der Waals surface area contributed by atoms with Crippen LogP contribution in [0.2, 0.25) is 13.1 Å². The van der Waals surface area contributed by atoms with Crippen LogP contribution < -0.4 is 4.98 Å². The fraction of sp³-hybridized carbons (Fsp3) is 0.714. The van der Waals surface area contributed by atoms with E-state index in [4.69, 9.17) is 23.3 Å². The molecule has 0 saturated carbocycles. The summed E-state index contributed by atoms with van der Waals surface area (Å²) < 4.78 is 4.98. The van der Waals surface area contributed by atoms with E-state index in [-0.39, 0.29) is 15.2 Å². The first-order valence-corrected chi connectivity index (χ1v) is 13.3. The van der Waals surface area contributed by atoms with Crippen LogP contribution in [0, 0.1) is 11.5 Å². The molecule has 0 amide bonds. The van der Waals surface area contributed by atoms with Gasteiger partial charge in [0.05, 0.1) is 6.23 Å². The number of nitrogens with one attached hydrogen (secondary N) is 1. The molecule has 0 aromatic heterocycles. The van der Waals surface area contributed by atoms with Crippen LogP contribution in [0.1, 0.15) is 34.1 Å². The van der Waals surface area contributed by atoms with E-state index in [9.17, 15) is 0 Å². The summed E-state index contributed by atoms with van der Waals surface area (Å²) in [6.07, 6.45) is 8.85. The van der Waals surface area contributed by atoms with Crippen molar-refractivity contribution in [3.8, 4) is 0 Å². The van der Waals surface area contributed by atoms with Gasteiger partial charge in [0.1, 0.15) is 8.96 Å². The molecule has 20 heavy (non-hydrogen) atoms. The van der Waals surface area contributed by atoms with E-state index in [0.29, 0.717) is 5.41 Å². The van der Waals surface area contributed by atoms with Crippen molar-refractivity contribution in [2.24, 2.45) is 5.41 Å². The second kappa shape index (κ2) is 13.6. The van der Waals surface area contributed by atoms with Crippen LogP contribution in [0.25, 0.3) is 0 Å². The monoisotopic (exact) mass is 371 g/mol. The molecule has 1 rings (SSSR count). The van der Waals surface area contributed by atoms with Crippen molar-refractivity contribution in [3.63, 3.8) is 0 Å². The van der Waals surface area contributed by atoms with Gasteiger partial charge in [0.25, 0.3) is 0 Å². The van der Waals surface area contributed by atoms with Gasteiger partial charge in [-0.3, -0.25) is 6.08 Å². The molecule has 0 spiro atoms. The van der Waals surface area contributed by atoms with Crippen molar-refractivity contribution in [2.75, 3.05) is 7.11 Å². The van der Waals surface area contributed by atoms with Crippen LogP contribution in [0.5, 0.6) is 0 Å². The van der Waals surface area contributed by atoms with E-state index in [2.05, 4.69) is 57.1 Å². The third-order valence-electron chi connectivity index (χ3n) is 2.35. The average Bonchev–Trinajstić information content (AvgIpc) is 2.83. The molecule has 1 atom stereocenters. The van der Waals surface area contributed by atoms with E-state index in [1.807, 2.05) is 6.92 Å². The van der Waals surface area contributed by atoms with Crippen LogP contribution in [0.3, 0.4) is 0 Å². The zero-order valence-corrected chi connectivity index (χ0v) is 17.7. The third kappa shape index (κ3) is 15.3. The topological polar surface area (TPSA) is 21.3 Å². The summed E-state index contributed by atoms with van der Waals surface area (Å²) in [5.41, 5.74) is 1.65. The summed E-state index contributed by atoms with van der Waals surface area (Å²) in [5, 5.41) is 0. The Morgan fingerprint density at radius 2 is 1.90 bits per heavy atom. The SMILES string of the molecule is CC(C)(C)C1=[C-]CC=C1.COC(C)N[Si](C)C.[Cl][Ti][Cl]. The molecule has 2 nitrogen and oxygen atoms in total. The number of allylic oxidation sites excluding steroid dienone is 4. The Kier molecular flexibility index (Phi) is 15.7. The van der Waals surface area contributed by atoms with E-state index in [1.165, 1.54) is 5.57 Å². The van der Waals surface area contributed by atoms with Crippen LogP contribution in [-0.2, 0) is 21.8 Å². The Morgan fingerprint density at radius 1 is 1.40 bits per heavy atom. The zero-order valence-electron chi connectivity index (χ0n) is 13.6. The van der Waals surface area contributed by atoms with Crippen LogP contribution in [0.4, 0.5) is 0 Å². The first kappa shape index (κ1) is 23.2. The van der Waals surface area contributed by atoms with Crippen LogP contribution >= 0.6 is 18.6 Å². The zero-order chi connectivity index (χ0) is 16.2. The summed E-state index contributed by atoms with van der Waals surface area (Å²) in [7, 11) is 11.2. The predicted molar refractivity (Wildman–Crippen MR) is 88.8 cm³/mol. The van der Waals surface area contributed by atoms with Crippen LogP contribution in [0.15, 0.2) is 17.7 Å². The number of hydrogen-bond acceptors (Lipinski definition) is 2. The van der Waals surface area contributed by atoms with Crippen molar-refractivity contribution < 1.29 is 21.8 Å². The molecule has 0 aliphatic heterocycles. The van der Waals surface area contributed by atoms with Gasteiger partial charge in [-0.1, -0.05) is 33.9 Å². The Labute approximate surface area is 143 Å². The molecule has 0 heterocycles. The molecule has 1 N–H and O–H groups in total. The Balaban J connectivity index is 0. The van der Waals surface area contributed by atoms with Gasteiger partial charge in [0.15, 0.2) is 0 Å². The second-order valence-electron chi connectivity index (χ2n) is 5.54. The van der Waals surface area contributed by atoms with Gasteiger partial charge in [-0.05, 0) is 12.3 Å². The molecular weight excluding hydrogens is 345 g/mol. The van der Waals surface area contributed by atoms with E-state index in [0.717, 1.165) is 6.42 Å². The Morgan fingerprint density at radius 3 is 2.05 bits per heavy atom. The molecule has 0 bridgehead atoms. The molecule has 1 aliphatic rings. The molecule has 1 radical (unpaired) electrons. The van der Waals surface area contributed by atoms with Crippen molar-refractivity contribution in [1.29, 1.82) is 0 Å². The van der Waals surface area contributed by atoms with Gasteiger partial charge in [0.2, 0.25) is 0 Å². The molecule has 0 saturated heterocycles. The summed E-state index contributed by atoms with van der Waals surface area (Å²) in [6, 6.07) is 0. The van der Waals surface area contributed by atoms with Gasteiger partial charge >= 0.3 is 35.6 Å². The number of halogens is 2. The molecule has 1 aliphatic carbocycles. The second-order valence-corrected chi connectivity index (χ2v) is 10.4. The first-order chi connectivity index (χ1) is 9.18.